The molecule has 0 N–H and O–H groups in total. The zero-order chi connectivity index (χ0) is 24.5. The molecule has 0 atom stereocenters. The molecule has 0 aliphatic rings. The highest BCUT2D eigenvalue weighted by Crippen LogP contribution is 2.42. The van der Waals surface area contributed by atoms with E-state index in [9.17, 15) is 14.9 Å². The number of nitro groups is 1. The third-order valence-electron chi connectivity index (χ3n) is 5.06. The molecule has 0 unspecified atom stereocenters. The first-order valence-corrected chi connectivity index (χ1v) is 11.3. The SMILES string of the molecule is CCCCN(CC)c1cc(C)nc(N(CC(=O)OCC)c2ccc(OC)cc2Cl)c1[N+](=O)[O-]. The Labute approximate surface area is 199 Å². The standard InChI is InChI=1S/C23H31ClN4O5/c1-6-9-12-26(7-2)20-13-16(4)25-23(22(20)28(30)31)27(15-21(29)33-8-3)19-11-10-17(32-5)14-18(19)24/h10-11,13-14H,6-9,12,15H2,1-5H3. The van der Waals surface area contributed by atoms with Gasteiger partial charge >= 0.3 is 11.7 Å². The van der Waals surface area contributed by atoms with Crippen molar-refractivity contribution in [2.75, 3.05) is 43.2 Å². The molecule has 2 aromatic rings. The number of hydrogen-bond acceptors (Lipinski definition) is 8. The fourth-order valence-electron chi connectivity index (χ4n) is 3.48. The topological polar surface area (TPSA) is 98.0 Å². The molecule has 10 heteroatoms. The maximum Gasteiger partial charge on any atom is 0.335 e. The number of anilines is 3. The second-order valence-electron chi connectivity index (χ2n) is 7.35. The van der Waals surface area contributed by atoms with E-state index in [2.05, 4.69) is 11.9 Å². The average molecular weight is 479 g/mol. The molecule has 9 nitrogen and oxygen atoms in total. The maximum atomic E-state index is 12.5. The quantitative estimate of drug-likeness (QED) is 0.230. The first-order valence-electron chi connectivity index (χ1n) is 10.9. The Morgan fingerprint density at radius 1 is 1.21 bits per heavy atom. The molecule has 180 valence electrons. The van der Waals surface area contributed by atoms with Gasteiger partial charge in [0.25, 0.3) is 0 Å². The van der Waals surface area contributed by atoms with Crippen molar-refractivity contribution in [3.63, 3.8) is 0 Å². The number of carbonyl (C=O) groups excluding carboxylic acids is 1. The van der Waals surface area contributed by atoms with Crippen LogP contribution in [-0.4, -0.2) is 49.2 Å². The number of halogens is 1. The van der Waals surface area contributed by atoms with Gasteiger partial charge < -0.3 is 19.3 Å². The van der Waals surface area contributed by atoms with Gasteiger partial charge in [0, 0.05) is 24.8 Å². The van der Waals surface area contributed by atoms with Gasteiger partial charge in [0.2, 0.25) is 5.82 Å². The Balaban J connectivity index is 2.76. The number of ether oxygens (including phenoxy) is 2. The van der Waals surface area contributed by atoms with E-state index in [0.29, 0.717) is 35.9 Å². The van der Waals surface area contributed by atoms with Crippen molar-refractivity contribution >= 4 is 40.5 Å². The van der Waals surface area contributed by atoms with Gasteiger partial charge in [0.15, 0.2) is 0 Å². The number of hydrogen-bond donors (Lipinski definition) is 0. The van der Waals surface area contributed by atoms with Crippen molar-refractivity contribution < 1.29 is 19.2 Å². The van der Waals surface area contributed by atoms with Crippen LogP contribution < -0.4 is 14.5 Å². The van der Waals surface area contributed by atoms with E-state index in [0.717, 1.165) is 12.8 Å². The summed E-state index contributed by atoms with van der Waals surface area (Å²) in [6, 6.07) is 6.60. The van der Waals surface area contributed by atoms with E-state index in [-0.39, 0.29) is 29.7 Å². The maximum absolute atomic E-state index is 12.5. The first-order chi connectivity index (χ1) is 15.8. The largest absolute Gasteiger partial charge is 0.497 e. The lowest BCUT2D eigenvalue weighted by atomic mass is 10.2. The van der Waals surface area contributed by atoms with Crippen LogP contribution in [0.3, 0.4) is 0 Å². The summed E-state index contributed by atoms with van der Waals surface area (Å²) >= 11 is 6.50. The normalized spacial score (nSPS) is 10.6. The highest BCUT2D eigenvalue weighted by atomic mass is 35.5. The molecule has 1 heterocycles. The zero-order valence-corrected chi connectivity index (χ0v) is 20.5. The Morgan fingerprint density at radius 2 is 1.94 bits per heavy atom. The third kappa shape index (κ3) is 6.47. The van der Waals surface area contributed by atoms with E-state index in [1.807, 2.05) is 11.8 Å². The number of rotatable bonds is 12. The van der Waals surface area contributed by atoms with Gasteiger partial charge in [0.05, 0.1) is 29.4 Å². The Hall–Kier alpha value is -3.07. The van der Waals surface area contributed by atoms with Crippen LogP contribution in [0.2, 0.25) is 5.02 Å². The second-order valence-corrected chi connectivity index (χ2v) is 7.76. The van der Waals surface area contributed by atoms with Crippen molar-refractivity contribution in [1.29, 1.82) is 0 Å². The minimum Gasteiger partial charge on any atom is -0.497 e. The summed E-state index contributed by atoms with van der Waals surface area (Å²) in [7, 11) is 1.51. The molecule has 1 aromatic heterocycles. The van der Waals surface area contributed by atoms with Crippen LogP contribution >= 0.6 is 11.6 Å². The van der Waals surface area contributed by atoms with Gasteiger partial charge in [-0.15, -0.1) is 0 Å². The van der Waals surface area contributed by atoms with Crippen molar-refractivity contribution in [3.05, 3.63) is 45.1 Å². The molecule has 2 rings (SSSR count). The summed E-state index contributed by atoms with van der Waals surface area (Å²) in [6.07, 6.45) is 1.84. The van der Waals surface area contributed by atoms with Crippen molar-refractivity contribution in [2.45, 2.75) is 40.5 Å². The molecule has 0 saturated heterocycles. The smallest absolute Gasteiger partial charge is 0.335 e. The average Bonchev–Trinajstić information content (AvgIpc) is 2.77. The molecule has 33 heavy (non-hydrogen) atoms. The number of unbranched alkanes of at least 4 members (excludes halogenated alkanes) is 1. The molecule has 0 radical (unpaired) electrons. The molecule has 0 aliphatic heterocycles. The van der Waals surface area contributed by atoms with E-state index in [4.69, 9.17) is 21.1 Å². The van der Waals surface area contributed by atoms with Gasteiger partial charge in [0.1, 0.15) is 18.0 Å². The highest BCUT2D eigenvalue weighted by molar-refractivity contribution is 6.33. The van der Waals surface area contributed by atoms with E-state index < -0.39 is 10.9 Å². The van der Waals surface area contributed by atoms with Crippen molar-refractivity contribution in [1.82, 2.24) is 4.98 Å². The van der Waals surface area contributed by atoms with Crippen LogP contribution in [0, 0.1) is 17.0 Å². The van der Waals surface area contributed by atoms with E-state index in [1.54, 1.807) is 38.1 Å². The number of aromatic nitrogens is 1. The summed E-state index contributed by atoms with van der Waals surface area (Å²) in [5.41, 5.74) is 1.24. The summed E-state index contributed by atoms with van der Waals surface area (Å²) in [4.78, 5) is 32.2. The molecule has 0 amide bonds. The van der Waals surface area contributed by atoms with Crippen LogP contribution in [0.1, 0.15) is 39.3 Å². The number of esters is 1. The first kappa shape index (κ1) is 26.2. The lowest BCUT2D eigenvalue weighted by Crippen LogP contribution is -2.30. The number of aryl methyl sites for hydroxylation is 1. The molecule has 0 saturated carbocycles. The number of benzene rings is 1. The number of pyridine rings is 1. The Kier molecular flexibility index (Phi) is 9.72. The van der Waals surface area contributed by atoms with Crippen molar-refractivity contribution in [2.24, 2.45) is 0 Å². The van der Waals surface area contributed by atoms with Gasteiger partial charge in [-0.1, -0.05) is 24.9 Å². The summed E-state index contributed by atoms with van der Waals surface area (Å²) < 4.78 is 10.3. The monoisotopic (exact) mass is 478 g/mol. The summed E-state index contributed by atoms with van der Waals surface area (Å²) in [5.74, 6) is -0.00381. The lowest BCUT2D eigenvalue weighted by Gasteiger charge is -2.28. The summed E-state index contributed by atoms with van der Waals surface area (Å²) in [5, 5.41) is 12.6. The molecule has 0 fully saturated rings. The molecule has 1 aromatic carbocycles. The molecule has 0 bridgehead atoms. The van der Waals surface area contributed by atoms with Crippen LogP contribution in [0.25, 0.3) is 0 Å². The number of carbonyl (C=O) groups is 1. The molecule has 0 aliphatic carbocycles. The van der Waals surface area contributed by atoms with Gasteiger partial charge in [-0.3, -0.25) is 14.9 Å². The van der Waals surface area contributed by atoms with Gasteiger partial charge in [-0.2, -0.15) is 0 Å². The Morgan fingerprint density at radius 3 is 2.48 bits per heavy atom. The van der Waals surface area contributed by atoms with Crippen LogP contribution in [0.15, 0.2) is 24.3 Å². The van der Waals surface area contributed by atoms with E-state index >= 15 is 0 Å². The zero-order valence-electron chi connectivity index (χ0n) is 19.8. The van der Waals surface area contributed by atoms with Gasteiger partial charge in [-0.25, -0.2) is 4.98 Å². The molecular weight excluding hydrogens is 448 g/mol. The van der Waals surface area contributed by atoms with Crippen molar-refractivity contribution in [3.8, 4) is 5.75 Å². The van der Waals surface area contributed by atoms with Gasteiger partial charge in [-0.05, 0) is 45.4 Å². The van der Waals surface area contributed by atoms with Crippen LogP contribution in [-0.2, 0) is 9.53 Å². The lowest BCUT2D eigenvalue weighted by molar-refractivity contribution is -0.383. The Bertz CT molecular complexity index is 986. The predicted octanol–water partition coefficient (Wildman–Crippen LogP) is 5.29. The fraction of sp³-hybridized carbons (Fsp3) is 0.478. The van der Waals surface area contributed by atoms with Crippen LogP contribution in [0.4, 0.5) is 22.9 Å². The fourth-order valence-corrected chi connectivity index (χ4v) is 3.75. The summed E-state index contributed by atoms with van der Waals surface area (Å²) in [6.45, 7) is 8.62. The van der Waals surface area contributed by atoms with E-state index in [1.165, 1.54) is 12.0 Å². The van der Waals surface area contributed by atoms with Crippen LogP contribution in [0.5, 0.6) is 5.75 Å². The predicted molar refractivity (Wildman–Crippen MR) is 130 cm³/mol. The number of methoxy groups -OCH3 is 1. The minimum atomic E-state index is -0.554. The molecular formula is C23H31ClN4O5. The second kappa shape index (κ2) is 12.2. The third-order valence-corrected chi connectivity index (χ3v) is 5.37. The highest BCUT2D eigenvalue weighted by Gasteiger charge is 2.32. The number of nitrogens with zero attached hydrogens (tertiary/aromatic N) is 4. The molecule has 0 spiro atoms. The minimum absolute atomic E-state index is 0.0325.